The Hall–Kier alpha value is -1.94. The third kappa shape index (κ3) is 4.01. The number of sulfone groups is 1. The van der Waals surface area contributed by atoms with Gasteiger partial charge in [-0.1, -0.05) is 30.0 Å². The highest BCUT2D eigenvalue weighted by atomic mass is 32.2. The summed E-state index contributed by atoms with van der Waals surface area (Å²) in [6.07, 6.45) is 0.490. The smallest absolute Gasteiger partial charge is 0.235 e. The molecule has 25 heavy (non-hydrogen) atoms. The molecule has 0 radical (unpaired) electrons. The third-order valence-corrected chi connectivity index (χ3v) is 6.95. The topological polar surface area (TPSA) is 98.1 Å². The second-order valence-electron chi connectivity index (χ2n) is 5.97. The van der Waals surface area contributed by atoms with Gasteiger partial charge in [-0.3, -0.25) is 4.79 Å². The molecule has 0 aliphatic carbocycles. The van der Waals surface area contributed by atoms with Gasteiger partial charge in [0.25, 0.3) is 0 Å². The average Bonchev–Trinajstić information content (AvgIpc) is 3.20. The molecule has 3 rings (SSSR count). The van der Waals surface area contributed by atoms with Crippen LogP contribution in [-0.2, 0) is 14.6 Å². The van der Waals surface area contributed by atoms with Crippen molar-refractivity contribution in [1.29, 1.82) is 0 Å². The van der Waals surface area contributed by atoms with Crippen LogP contribution in [0.15, 0.2) is 35.5 Å². The van der Waals surface area contributed by atoms with Crippen molar-refractivity contribution in [2.45, 2.75) is 29.8 Å². The Morgan fingerprint density at radius 1 is 1.36 bits per heavy atom. The minimum Gasteiger partial charge on any atom is -0.341 e. The van der Waals surface area contributed by atoms with Gasteiger partial charge in [-0.05, 0) is 35.9 Å². The van der Waals surface area contributed by atoms with Crippen molar-refractivity contribution < 1.29 is 13.2 Å². The molecule has 1 saturated heterocycles. The summed E-state index contributed by atoms with van der Waals surface area (Å²) in [7, 11) is -1.37. The summed E-state index contributed by atoms with van der Waals surface area (Å²) in [4.78, 5) is 14.2. The fourth-order valence-electron chi connectivity index (χ4n) is 2.74. The second kappa shape index (κ2) is 7.12. The Balaban J connectivity index is 1.70. The van der Waals surface area contributed by atoms with Gasteiger partial charge in [-0.25, -0.2) is 8.42 Å². The highest BCUT2D eigenvalue weighted by Crippen LogP contribution is 2.25. The Morgan fingerprint density at radius 3 is 2.72 bits per heavy atom. The molecule has 1 fully saturated rings. The quantitative estimate of drug-likeness (QED) is 0.706. The van der Waals surface area contributed by atoms with Crippen LogP contribution < -0.4 is 0 Å². The number of para-hydroxylation sites is 1. The van der Waals surface area contributed by atoms with E-state index in [9.17, 15) is 13.2 Å². The molecule has 0 saturated carbocycles. The van der Waals surface area contributed by atoms with Gasteiger partial charge in [-0.15, -0.1) is 5.10 Å². The van der Waals surface area contributed by atoms with Crippen LogP contribution in [0.5, 0.6) is 0 Å². The molecule has 1 amide bonds. The maximum Gasteiger partial charge on any atom is 0.235 e. The van der Waals surface area contributed by atoms with Gasteiger partial charge in [0, 0.05) is 13.1 Å². The Labute approximate surface area is 150 Å². The number of hydrogen-bond donors (Lipinski definition) is 0. The number of nitrogens with zero attached hydrogens (tertiary/aromatic N) is 5. The molecule has 1 aliphatic heterocycles. The zero-order valence-electron chi connectivity index (χ0n) is 13.9. The van der Waals surface area contributed by atoms with Crippen LogP contribution in [0.3, 0.4) is 0 Å². The first-order chi connectivity index (χ1) is 11.9. The molecular weight excluding hydrogens is 362 g/mol. The molecule has 0 bridgehead atoms. The first-order valence-electron chi connectivity index (χ1n) is 7.85. The van der Waals surface area contributed by atoms with Gasteiger partial charge in [0.15, 0.2) is 9.84 Å². The summed E-state index contributed by atoms with van der Waals surface area (Å²) in [5.41, 5.74) is 0.810. The lowest BCUT2D eigenvalue weighted by Crippen LogP contribution is -2.41. The van der Waals surface area contributed by atoms with Crippen molar-refractivity contribution in [2.24, 2.45) is 0 Å². The maximum absolute atomic E-state index is 12.6. The van der Waals surface area contributed by atoms with Gasteiger partial charge in [0.2, 0.25) is 11.1 Å². The lowest BCUT2D eigenvalue weighted by Gasteiger charge is -2.26. The lowest BCUT2D eigenvalue weighted by molar-refractivity contribution is -0.130. The average molecular weight is 381 g/mol. The van der Waals surface area contributed by atoms with Crippen LogP contribution in [0.1, 0.15) is 13.3 Å². The highest BCUT2D eigenvalue weighted by molar-refractivity contribution is 8.00. The maximum atomic E-state index is 12.6. The van der Waals surface area contributed by atoms with Crippen LogP contribution in [0.25, 0.3) is 5.69 Å². The minimum atomic E-state index is -3.03. The van der Waals surface area contributed by atoms with Crippen LogP contribution in [-0.4, -0.2) is 69.3 Å². The fourth-order valence-corrected chi connectivity index (χ4v) is 5.42. The van der Waals surface area contributed by atoms with Crippen LogP contribution in [0.4, 0.5) is 0 Å². The van der Waals surface area contributed by atoms with Gasteiger partial charge < -0.3 is 4.90 Å². The van der Waals surface area contributed by atoms with Gasteiger partial charge in [0.05, 0.1) is 22.4 Å². The molecular formula is C15H19N5O3S2. The summed E-state index contributed by atoms with van der Waals surface area (Å²) in [6, 6.07) is 9.16. The van der Waals surface area contributed by atoms with E-state index in [-0.39, 0.29) is 23.5 Å². The lowest BCUT2D eigenvalue weighted by atomic mass is 10.2. The SMILES string of the molecule is C[C@@H](Sc1nnnn1-c1ccccc1)C(=O)N(C)[C@@H]1CCS(=O)(=O)C1. The number of carbonyl (C=O) groups is 1. The Kier molecular flexibility index (Phi) is 5.09. The number of rotatable bonds is 5. The number of amides is 1. The van der Waals surface area contributed by atoms with Crippen molar-refractivity contribution >= 4 is 27.5 Å². The summed E-state index contributed by atoms with van der Waals surface area (Å²) < 4.78 is 24.8. The van der Waals surface area contributed by atoms with E-state index in [1.165, 1.54) is 11.8 Å². The molecule has 8 nitrogen and oxygen atoms in total. The molecule has 2 heterocycles. The van der Waals surface area contributed by atoms with Gasteiger partial charge in [-0.2, -0.15) is 4.68 Å². The molecule has 134 valence electrons. The largest absolute Gasteiger partial charge is 0.341 e. The van der Waals surface area contributed by atoms with Crippen molar-refractivity contribution in [3.63, 3.8) is 0 Å². The number of tetrazole rings is 1. The van der Waals surface area contributed by atoms with Crippen molar-refractivity contribution in [2.75, 3.05) is 18.6 Å². The predicted octanol–water partition coefficient (Wildman–Crippen LogP) is 0.788. The standard InChI is InChI=1S/C15H19N5O3S2/c1-11(14(21)19(2)13-8-9-25(22,23)10-13)24-15-16-17-18-20(15)12-6-4-3-5-7-12/h3-7,11,13H,8-10H2,1-2H3/t11-,13-/m1/s1. The number of benzene rings is 1. The van der Waals surface area contributed by atoms with Crippen LogP contribution in [0.2, 0.25) is 0 Å². The van der Waals surface area contributed by atoms with Gasteiger partial charge >= 0.3 is 0 Å². The molecule has 0 N–H and O–H groups in total. The molecule has 2 atom stereocenters. The van der Waals surface area contributed by atoms with E-state index < -0.39 is 15.1 Å². The fraction of sp³-hybridized carbons (Fsp3) is 0.467. The summed E-state index contributed by atoms with van der Waals surface area (Å²) in [5.74, 6) is 0.0481. The molecule has 0 unspecified atom stereocenters. The van der Waals surface area contributed by atoms with Crippen molar-refractivity contribution in [1.82, 2.24) is 25.1 Å². The Morgan fingerprint density at radius 2 is 2.08 bits per heavy atom. The molecule has 0 spiro atoms. The van der Waals surface area contributed by atoms with E-state index in [0.717, 1.165) is 5.69 Å². The molecule has 10 heteroatoms. The minimum absolute atomic E-state index is 0.0361. The number of aromatic nitrogens is 4. The molecule has 1 aromatic heterocycles. The molecule has 2 aromatic rings. The second-order valence-corrected chi connectivity index (χ2v) is 9.51. The summed E-state index contributed by atoms with van der Waals surface area (Å²) >= 11 is 1.25. The number of carbonyl (C=O) groups excluding carboxylic acids is 1. The number of thioether (sulfide) groups is 1. The van der Waals surface area contributed by atoms with Crippen molar-refractivity contribution in [3.05, 3.63) is 30.3 Å². The molecule has 1 aromatic carbocycles. The molecule has 1 aliphatic rings. The normalized spacial score (nSPS) is 20.3. The first-order valence-corrected chi connectivity index (χ1v) is 10.5. The van der Waals surface area contributed by atoms with E-state index >= 15 is 0 Å². The highest BCUT2D eigenvalue weighted by Gasteiger charge is 2.34. The van der Waals surface area contributed by atoms with E-state index in [0.29, 0.717) is 11.6 Å². The van der Waals surface area contributed by atoms with E-state index in [1.54, 1.807) is 23.6 Å². The van der Waals surface area contributed by atoms with E-state index in [1.807, 2.05) is 30.3 Å². The third-order valence-electron chi connectivity index (χ3n) is 4.18. The van der Waals surface area contributed by atoms with E-state index in [4.69, 9.17) is 0 Å². The predicted molar refractivity (Wildman–Crippen MR) is 94.3 cm³/mol. The van der Waals surface area contributed by atoms with Crippen LogP contribution >= 0.6 is 11.8 Å². The van der Waals surface area contributed by atoms with Crippen molar-refractivity contribution in [3.8, 4) is 5.69 Å². The Bertz CT molecular complexity index is 853. The first kappa shape index (κ1) is 17.9. The monoisotopic (exact) mass is 381 g/mol. The summed E-state index contributed by atoms with van der Waals surface area (Å²) in [6.45, 7) is 1.77. The van der Waals surface area contributed by atoms with Gasteiger partial charge in [0.1, 0.15) is 0 Å². The van der Waals surface area contributed by atoms with Crippen LogP contribution in [0, 0.1) is 0 Å². The zero-order chi connectivity index (χ0) is 18.0. The summed E-state index contributed by atoms with van der Waals surface area (Å²) in [5, 5.41) is 11.7. The van der Waals surface area contributed by atoms with E-state index in [2.05, 4.69) is 15.5 Å². The number of hydrogen-bond acceptors (Lipinski definition) is 7. The zero-order valence-corrected chi connectivity index (χ0v) is 15.6.